The number of nitrogens with one attached hydrogen (secondary N) is 4. The minimum absolute atomic E-state index is 0.134. The molecule has 0 amide bonds. The molecule has 14 aromatic rings. The Morgan fingerprint density at radius 1 is 0.242 bits per heavy atom. The molecule has 10 heterocycles. The van der Waals surface area contributed by atoms with E-state index in [1.165, 1.54) is 0 Å². The number of aromatic nitrogens is 16. The quantitative estimate of drug-likeness (QED) is 0.0895. The molecule has 6 aromatic heterocycles. The molecule has 0 saturated heterocycles. The summed E-state index contributed by atoms with van der Waals surface area (Å²) in [7, 11) is -4.93. The van der Waals surface area contributed by atoms with Crippen molar-refractivity contribution in [2.75, 3.05) is 13.2 Å². The van der Waals surface area contributed by atoms with E-state index in [-0.39, 0.29) is 55.8 Å². The predicted octanol–water partition coefficient (Wildman–Crippen LogP) is 26.6. The van der Waals surface area contributed by atoms with Crippen LogP contribution in [0.2, 0.25) is 36.3 Å². The van der Waals surface area contributed by atoms with E-state index in [9.17, 15) is 0 Å². The maximum absolute atomic E-state index is 7.30. The number of hydrogen-bond acceptors (Lipinski definition) is 14. The van der Waals surface area contributed by atoms with Gasteiger partial charge < -0.3 is 28.8 Å². The third-order valence-corrected chi connectivity index (χ3v) is 35.7. The van der Waals surface area contributed by atoms with E-state index in [1.54, 1.807) is 0 Å². The van der Waals surface area contributed by atoms with E-state index >= 15 is 0 Å². The standard InChI is InChI=1S/C108H116N16O2Si2/c1-101(2,3)63-35-43-71-79(51-63)96-115-88(71)110-89-72-44-36-66(104(10,11)12)54-82(72)98(116-89)123-94-78-50-60(32-42-70(78)86(112-94)114-95-81-53-65(103(7,8)9)39-47-75(81)91(119-95)120-96)30-34-62(58-126-128(27,28)108(22,23)24)61(57-125-127(25,26)107(19,20)21)33-29-59-31-41-69-77(49-59)93-111-85(69)109-87-73-45-37-67(105(13,14)15)55-83(73)99(117-87)124-100-84-56-68(106(16,17)18)40-48-76(84)92(122-100)121-97-80-52-64(102(4,5)6)38-46-74(80)90(113-93)118-97/h31-32,35-56H,57-58H2,1-28H3,(H2,109,111,113,117,118,121,122,124)(H2,110,112,114,115,116,119,120,123)/b62-61+. The normalized spacial score (nSPS) is 13.6. The average Bonchev–Trinajstić information content (AvgIpc) is 1.60. The van der Waals surface area contributed by atoms with Crippen molar-refractivity contribution in [3.05, 3.63) is 201 Å². The molecule has 4 N–H and O–H groups in total. The van der Waals surface area contributed by atoms with Gasteiger partial charge in [0.05, 0.1) is 13.2 Å². The molecule has 4 aliphatic rings. The largest absolute Gasteiger partial charge is 0.412 e. The second-order valence-electron chi connectivity index (χ2n) is 44.4. The summed E-state index contributed by atoms with van der Waals surface area (Å²) in [6, 6.07) is 51.7. The Kier molecular flexibility index (Phi) is 20.4. The lowest BCUT2D eigenvalue weighted by atomic mass is 9.85. The Morgan fingerprint density at radius 2 is 0.445 bits per heavy atom. The van der Waals surface area contributed by atoms with Crippen molar-refractivity contribution in [1.29, 1.82) is 0 Å². The monoisotopic (exact) mass is 1720 g/mol. The van der Waals surface area contributed by atoms with Crippen molar-refractivity contribution in [3.8, 4) is 115 Å². The van der Waals surface area contributed by atoms with Crippen LogP contribution in [0.25, 0.3) is 179 Å². The van der Waals surface area contributed by atoms with Crippen LogP contribution in [-0.2, 0) is 41.3 Å². The molecule has 18 rings (SSSR count). The minimum Gasteiger partial charge on any atom is -0.412 e. The molecule has 20 heteroatoms. The fourth-order valence-corrected chi connectivity index (χ4v) is 18.1. The number of fused-ring (bicyclic) bond motifs is 40. The van der Waals surface area contributed by atoms with Gasteiger partial charge in [-0.05, 0) is 175 Å². The van der Waals surface area contributed by atoms with E-state index < -0.39 is 16.6 Å². The van der Waals surface area contributed by atoms with Crippen molar-refractivity contribution < 1.29 is 8.85 Å². The summed E-state index contributed by atoms with van der Waals surface area (Å²) >= 11 is 0. The number of H-pyrrole nitrogens is 4. The Bertz CT molecular complexity index is 7590. The molecule has 16 bridgehead atoms. The van der Waals surface area contributed by atoms with E-state index in [4.69, 9.17) is 68.7 Å². The maximum atomic E-state index is 7.30. The molecule has 8 aromatic carbocycles. The Labute approximate surface area is 752 Å². The highest BCUT2D eigenvalue weighted by Gasteiger charge is 2.40. The first-order chi connectivity index (χ1) is 59.8. The molecule has 648 valence electrons. The summed E-state index contributed by atoms with van der Waals surface area (Å²) in [6.07, 6.45) is 0. The number of benzene rings is 8. The maximum Gasteiger partial charge on any atom is 0.192 e. The van der Waals surface area contributed by atoms with Crippen LogP contribution in [0, 0.1) is 23.7 Å². The number of nitrogens with zero attached hydrogens (tertiary/aromatic N) is 12. The molecule has 4 aliphatic heterocycles. The molecule has 128 heavy (non-hydrogen) atoms. The summed E-state index contributed by atoms with van der Waals surface area (Å²) < 4.78 is 14.6. The second kappa shape index (κ2) is 30.2. The Morgan fingerprint density at radius 3 is 0.680 bits per heavy atom. The highest BCUT2D eigenvalue weighted by molar-refractivity contribution is 6.74. The highest BCUT2D eigenvalue weighted by Crippen LogP contribution is 2.46. The number of aromatic amines is 4. The first-order valence-electron chi connectivity index (χ1n) is 44.7. The predicted molar refractivity (Wildman–Crippen MR) is 531 cm³/mol. The van der Waals surface area contributed by atoms with Gasteiger partial charge in [0.25, 0.3) is 0 Å². The van der Waals surface area contributed by atoms with Gasteiger partial charge in [0.2, 0.25) is 0 Å². The van der Waals surface area contributed by atoms with E-state index in [2.05, 4.69) is 376 Å². The van der Waals surface area contributed by atoms with Crippen molar-refractivity contribution in [2.45, 2.75) is 235 Å². The summed E-state index contributed by atoms with van der Waals surface area (Å²) in [5.41, 5.74) is 20.4. The van der Waals surface area contributed by atoms with Gasteiger partial charge in [-0.15, -0.1) is 0 Å². The lowest BCUT2D eigenvalue weighted by molar-refractivity contribution is 0.308. The molecule has 0 saturated carbocycles. The fourth-order valence-electron chi connectivity index (χ4n) is 16.2. The van der Waals surface area contributed by atoms with Gasteiger partial charge in [-0.25, -0.2) is 59.8 Å². The topological polar surface area (TPSA) is 236 Å². The van der Waals surface area contributed by atoms with Crippen LogP contribution >= 0.6 is 0 Å². The Hall–Kier alpha value is -12.3. The Balaban J connectivity index is 0.836. The third kappa shape index (κ3) is 16.1. The van der Waals surface area contributed by atoms with Crippen LogP contribution in [0.15, 0.2) is 157 Å². The molecule has 0 atom stereocenters. The average molecular weight is 1730 g/mol. The lowest BCUT2D eigenvalue weighted by Gasteiger charge is -2.37. The summed E-state index contributed by atoms with van der Waals surface area (Å²) in [5, 5.41) is 6.92. The zero-order chi connectivity index (χ0) is 91.2. The molecule has 0 unspecified atom stereocenters. The van der Waals surface area contributed by atoms with Crippen LogP contribution in [0.1, 0.15) is 211 Å². The first kappa shape index (κ1) is 86.4. The number of hydrogen-bond donors (Lipinski definition) is 4. The minimum atomic E-state index is -2.47. The van der Waals surface area contributed by atoms with Gasteiger partial charge in [0.15, 0.2) is 63.2 Å². The van der Waals surface area contributed by atoms with Crippen molar-refractivity contribution in [3.63, 3.8) is 0 Å². The van der Waals surface area contributed by atoms with Crippen LogP contribution in [0.5, 0.6) is 0 Å². The van der Waals surface area contributed by atoms with Gasteiger partial charge in [0.1, 0.15) is 45.2 Å². The van der Waals surface area contributed by atoms with Crippen LogP contribution in [0.3, 0.4) is 0 Å². The van der Waals surface area contributed by atoms with Crippen molar-refractivity contribution in [2.24, 2.45) is 0 Å². The summed E-state index contributed by atoms with van der Waals surface area (Å²) in [5.74, 6) is 19.0. The van der Waals surface area contributed by atoms with Crippen LogP contribution in [-0.4, -0.2) is 110 Å². The van der Waals surface area contributed by atoms with E-state index in [1.807, 2.05) is 6.07 Å². The molecule has 0 fully saturated rings. The van der Waals surface area contributed by atoms with Crippen LogP contribution in [0.4, 0.5) is 0 Å². The molecule has 0 aliphatic carbocycles. The van der Waals surface area contributed by atoms with Crippen molar-refractivity contribution in [1.82, 2.24) is 79.7 Å². The van der Waals surface area contributed by atoms with Gasteiger partial charge in [-0.3, -0.25) is 0 Å². The molecule has 18 nitrogen and oxygen atoms in total. The second-order valence-corrected chi connectivity index (χ2v) is 54.0. The van der Waals surface area contributed by atoms with E-state index in [0.29, 0.717) is 103 Å². The first-order valence-corrected chi connectivity index (χ1v) is 50.5. The van der Waals surface area contributed by atoms with Gasteiger partial charge in [-0.2, -0.15) is 0 Å². The lowest BCUT2D eigenvalue weighted by Crippen LogP contribution is -2.42. The zero-order valence-electron chi connectivity index (χ0n) is 79.5. The van der Waals surface area contributed by atoms with Gasteiger partial charge in [-0.1, -0.05) is 263 Å². The molecule has 0 spiro atoms. The molecular weight excluding hydrogens is 1610 g/mol. The van der Waals surface area contributed by atoms with Crippen molar-refractivity contribution >= 4 is 105 Å². The fraction of sp³-hybridized carbons (Fsp3) is 0.352. The molecule has 0 radical (unpaired) electrons. The molecular formula is C108H116N16O2Si2. The number of rotatable bonds is 6. The summed E-state index contributed by atoms with van der Waals surface area (Å²) in [4.78, 5) is 80.5. The van der Waals surface area contributed by atoms with Gasteiger partial charge in [0, 0.05) is 110 Å². The third-order valence-electron chi connectivity index (χ3n) is 26.7. The SMILES string of the molecule is CC(C)(C)c1ccc2c(c1)-c1nc-2nc2[nH]c(nc3nc(nc4[nH]c(n1)c1ccc(C(C)(C)C)cc41)-c1ccc(C#C/C(CO[Si](C)(C)C(C)(C)C)=C(/C#Cc4ccc5c(c4)-c4nc-5nc5[nH]c(nc6nc(nc7[nH]c(n4)c4ccc(C(C)(C)C)cc74)-c4ccc(C(C)(C)C)cc4-6)c4cc(C(C)(C)C)ccc54)CO[Si](C)(C)C(C)(C)C)cc1-3)c1cc(C(C)(C)C)ccc21. The smallest absolute Gasteiger partial charge is 0.192 e. The zero-order valence-corrected chi connectivity index (χ0v) is 81.5. The van der Waals surface area contributed by atoms with Gasteiger partial charge >= 0.3 is 0 Å². The van der Waals surface area contributed by atoms with Crippen LogP contribution < -0.4 is 0 Å². The summed E-state index contributed by atoms with van der Waals surface area (Å²) in [6.45, 7) is 63.2. The highest BCUT2D eigenvalue weighted by atomic mass is 28.4. The van der Waals surface area contributed by atoms with E-state index in [0.717, 1.165) is 132 Å².